The van der Waals surface area contributed by atoms with Crippen LogP contribution in [0.15, 0.2) is 16.8 Å². The molecule has 0 saturated heterocycles. The molecule has 0 amide bonds. The molecule has 0 spiro atoms. The molecule has 1 unspecified atom stereocenters. The molecular weight excluding hydrogens is 288 g/mol. The molecule has 7 nitrogen and oxygen atoms in total. The Balaban J connectivity index is 2.07. The molecule has 2 rings (SSSR count). The topological polar surface area (TPSA) is 98.0 Å². The van der Waals surface area contributed by atoms with E-state index in [1.807, 2.05) is 13.8 Å². The summed E-state index contributed by atoms with van der Waals surface area (Å²) in [6.45, 7) is 5.89. The quantitative estimate of drug-likeness (QED) is 0.532. The zero-order chi connectivity index (χ0) is 15.2. The van der Waals surface area contributed by atoms with Crippen LogP contribution in [0.3, 0.4) is 0 Å². The van der Waals surface area contributed by atoms with E-state index >= 15 is 0 Å². The Morgan fingerprint density at radius 3 is 2.62 bits per heavy atom. The lowest BCUT2D eigenvalue weighted by Crippen LogP contribution is -2.22. The van der Waals surface area contributed by atoms with E-state index in [4.69, 9.17) is 10.6 Å². The number of nitrogen functional groups attached to an aromatic ring is 1. The summed E-state index contributed by atoms with van der Waals surface area (Å²) in [4.78, 5) is 12.5. The summed E-state index contributed by atoms with van der Waals surface area (Å²) in [6, 6.07) is 2.54. The molecule has 0 fully saturated rings. The van der Waals surface area contributed by atoms with Gasteiger partial charge in [0.2, 0.25) is 11.9 Å². The van der Waals surface area contributed by atoms with Gasteiger partial charge in [0.15, 0.2) is 0 Å². The predicted molar refractivity (Wildman–Crippen MR) is 84.5 cm³/mol. The maximum absolute atomic E-state index is 5.49. The second-order valence-electron chi connectivity index (χ2n) is 4.96. The second kappa shape index (κ2) is 7.19. The third kappa shape index (κ3) is 4.83. The largest absolute Gasteiger partial charge is 0.461 e. The lowest BCUT2D eigenvalue weighted by Gasteiger charge is -2.15. The van der Waals surface area contributed by atoms with E-state index in [9.17, 15) is 0 Å². The number of hydrazine groups is 1. The normalized spacial score (nSPS) is 12.2. The number of hydrogen-bond acceptors (Lipinski definition) is 8. The van der Waals surface area contributed by atoms with Gasteiger partial charge in [0.1, 0.15) is 0 Å². The van der Waals surface area contributed by atoms with Crippen molar-refractivity contribution in [2.24, 2.45) is 5.84 Å². The fraction of sp³-hybridized carbons (Fsp3) is 0.462. The molecule has 0 radical (unpaired) electrons. The van der Waals surface area contributed by atoms with Crippen LogP contribution in [-0.2, 0) is 6.42 Å². The SMILES string of the molecule is CC(Cc1ccsc1)Nc1nc(NN)nc(OC(C)C)n1. The highest BCUT2D eigenvalue weighted by Crippen LogP contribution is 2.14. The average Bonchev–Trinajstić information content (AvgIpc) is 2.90. The van der Waals surface area contributed by atoms with Gasteiger partial charge in [-0.2, -0.15) is 26.3 Å². The number of ether oxygens (including phenoxy) is 1. The van der Waals surface area contributed by atoms with Crippen molar-refractivity contribution in [3.05, 3.63) is 22.4 Å². The van der Waals surface area contributed by atoms with Crippen LogP contribution >= 0.6 is 11.3 Å². The number of nitrogens with one attached hydrogen (secondary N) is 2. The number of rotatable bonds is 7. The Morgan fingerprint density at radius 2 is 2.00 bits per heavy atom. The molecule has 0 saturated carbocycles. The van der Waals surface area contributed by atoms with Gasteiger partial charge < -0.3 is 10.1 Å². The first kappa shape index (κ1) is 15.5. The minimum Gasteiger partial charge on any atom is -0.461 e. The van der Waals surface area contributed by atoms with Gasteiger partial charge in [-0.25, -0.2) is 5.84 Å². The van der Waals surface area contributed by atoms with Crippen molar-refractivity contribution in [2.75, 3.05) is 10.7 Å². The molecule has 0 bridgehead atoms. The minimum atomic E-state index is -0.0193. The number of aromatic nitrogens is 3. The van der Waals surface area contributed by atoms with Gasteiger partial charge in [0, 0.05) is 6.04 Å². The van der Waals surface area contributed by atoms with Gasteiger partial charge in [-0.05, 0) is 49.6 Å². The van der Waals surface area contributed by atoms with Crippen molar-refractivity contribution in [2.45, 2.75) is 39.3 Å². The Kier molecular flexibility index (Phi) is 5.29. The van der Waals surface area contributed by atoms with Crippen molar-refractivity contribution in [1.29, 1.82) is 0 Å². The third-order valence-electron chi connectivity index (χ3n) is 2.58. The van der Waals surface area contributed by atoms with E-state index in [-0.39, 0.29) is 24.1 Å². The monoisotopic (exact) mass is 308 g/mol. The van der Waals surface area contributed by atoms with E-state index in [2.05, 4.69) is 49.4 Å². The maximum atomic E-state index is 5.49. The van der Waals surface area contributed by atoms with Crippen LogP contribution in [0.25, 0.3) is 0 Å². The highest BCUT2D eigenvalue weighted by molar-refractivity contribution is 7.07. The molecular formula is C13H20N6OS. The molecule has 2 aromatic heterocycles. The van der Waals surface area contributed by atoms with Gasteiger partial charge in [-0.15, -0.1) is 0 Å². The number of anilines is 2. The van der Waals surface area contributed by atoms with Crippen molar-refractivity contribution < 1.29 is 4.74 Å². The summed E-state index contributed by atoms with van der Waals surface area (Å²) in [5.41, 5.74) is 3.70. The van der Waals surface area contributed by atoms with E-state index in [0.717, 1.165) is 6.42 Å². The number of nitrogens with two attached hydrogens (primary N) is 1. The van der Waals surface area contributed by atoms with Crippen molar-refractivity contribution in [3.8, 4) is 6.01 Å². The first-order valence-corrected chi connectivity index (χ1v) is 7.68. The molecule has 21 heavy (non-hydrogen) atoms. The standard InChI is InChI=1S/C13H20N6OS/c1-8(2)20-13-17-11(16-12(18-13)19-14)15-9(3)6-10-4-5-21-7-10/h4-5,7-9H,6,14H2,1-3H3,(H2,15,16,17,18,19). The summed E-state index contributed by atoms with van der Waals surface area (Å²) in [5.74, 6) is 6.08. The average molecular weight is 308 g/mol. The Morgan fingerprint density at radius 1 is 1.24 bits per heavy atom. The van der Waals surface area contributed by atoms with Crippen molar-refractivity contribution in [1.82, 2.24) is 15.0 Å². The van der Waals surface area contributed by atoms with Gasteiger partial charge in [0.05, 0.1) is 6.10 Å². The van der Waals surface area contributed by atoms with Crippen LogP contribution in [0.4, 0.5) is 11.9 Å². The minimum absolute atomic E-state index is 0.0193. The number of hydrogen-bond donors (Lipinski definition) is 3. The van der Waals surface area contributed by atoms with Crippen LogP contribution < -0.4 is 21.3 Å². The second-order valence-corrected chi connectivity index (χ2v) is 5.74. The van der Waals surface area contributed by atoms with Crippen LogP contribution in [0, 0.1) is 0 Å². The smallest absolute Gasteiger partial charge is 0.323 e. The molecule has 0 aliphatic rings. The number of nitrogens with zero attached hydrogens (tertiary/aromatic N) is 3. The highest BCUT2D eigenvalue weighted by atomic mass is 32.1. The maximum Gasteiger partial charge on any atom is 0.323 e. The molecule has 0 aliphatic carbocycles. The summed E-state index contributed by atoms with van der Waals surface area (Å²) in [7, 11) is 0. The molecule has 0 aromatic carbocycles. The fourth-order valence-corrected chi connectivity index (χ4v) is 2.46. The van der Waals surface area contributed by atoms with E-state index < -0.39 is 0 Å². The van der Waals surface area contributed by atoms with Crippen molar-refractivity contribution >= 4 is 23.2 Å². The molecule has 2 aromatic rings. The fourth-order valence-electron chi connectivity index (χ4n) is 1.78. The summed E-state index contributed by atoms with van der Waals surface area (Å²) < 4.78 is 5.49. The van der Waals surface area contributed by atoms with Crippen molar-refractivity contribution in [3.63, 3.8) is 0 Å². The zero-order valence-corrected chi connectivity index (χ0v) is 13.1. The molecule has 114 valence electrons. The molecule has 0 aliphatic heterocycles. The van der Waals surface area contributed by atoms with Crippen LogP contribution in [-0.4, -0.2) is 27.1 Å². The molecule has 4 N–H and O–H groups in total. The zero-order valence-electron chi connectivity index (χ0n) is 12.3. The first-order valence-electron chi connectivity index (χ1n) is 6.73. The molecule has 1 atom stereocenters. The summed E-state index contributed by atoms with van der Waals surface area (Å²) in [6.07, 6.45) is 0.870. The van der Waals surface area contributed by atoms with Gasteiger partial charge in [0.25, 0.3) is 0 Å². The lowest BCUT2D eigenvalue weighted by molar-refractivity contribution is 0.222. The van der Waals surface area contributed by atoms with Crippen LogP contribution in [0.5, 0.6) is 6.01 Å². The Labute approximate surface area is 128 Å². The van der Waals surface area contributed by atoms with E-state index in [0.29, 0.717) is 5.95 Å². The first-order chi connectivity index (χ1) is 10.1. The lowest BCUT2D eigenvalue weighted by atomic mass is 10.1. The van der Waals surface area contributed by atoms with Gasteiger partial charge in [-0.1, -0.05) is 0 Å². The summed E-state index contributed by atoms with van der Waals surface area (Å²) in [5, 5.41) is 7.43. The highest BCUT2D eigenvalue weighted by Gasteiger charge is 2.11. The molecule has 8 heteroatoms. The number of thiophene rings is 1. The summed E-state index contributed by atoms with van der Waals surface area (Å²) >= 11 is 1.69. The van der Waals surface area contributed by atoms with Crippen LogP contribution in [0.1, 0.15) is 26.3 Å². The van der Waals surface area contributed by atoms with E-state index in [1.54, 1.807) is 11.3 Å². The van der Waals surface area contributed by atoms with Gasteiger partial charge >= 0.3 is 6.01 Å². The Hall–Kier alpha value is -1.93. The predicted octanol–water partition coefficient (Wildman–Crippen LogP) is 2.05. The van der Waals surface area contributed by atoms with E-state index in [1.165, 1.54) is 5.56 Å². The Bertz CT molecular complexity index is 560. The van der Waals surface area contributed by atoms with Gasteiger partial charge in [-0.3, -0.25) is 5.43 Å². The third-order valence-corrected chi connectivity index (χ3v) is 3.31. The molecule has 2 heterocycles. The van der Waals surface area contributed by atoms with Crippen LogP contribution in [0.2, 0.25) is 0 Å².